The summed E-state index contributed by atoms with van der Waals surface area (Å²) in [7, 11) is 6.18. The summed E-state index contributed by atoms with van der Waals surface area (Å²) < 4.78 is 2.23. The maximum atomic E-state index is 10.9. The number of carbonyl (C=O) groups is 1. The minimum atomic E-state index is -0.295. The Morgan fingerprint density at radius 3 is 2.80 bits per heavy atom. The van der Waals surface area contributed by atoms with Gasteiger partial charge in [0.25, 0.3) is 5.91 Å². The van der Waals surface area contributed by atoms with Crippen molar-refractivity contribution in [1.82, 2.24) is 20.4 Å². The molecule has 1 rings (SSSR count). The minimum Gasteiger partial charge on any atom is -0.326 e. The van der Waals surface area contributed by atoms with Gasteiger partial charge < -0.3 is 4.48 Å². The Morgan fingerprint density at radius 1 is 1.60 bits per heavy atom. The summed E-state index contributed by atoms with van der Waals surface area (Å²) in [4.78, 5) is 10.9. The Morgan fingerprint density at radius 2 is 2.27 bits per heavy atom. The highest BCUT2D eigenvalue weighted by atomic mass is 16.2. The lowest BCUT2D eigenvalue weighted by Crippen LogP contribution is -2.33. The first-order valence-electron chi connectivity index (χ1n) is 4.59. The van der Waals surface area contributed by atoms with Crippen molar-refractivity contribution in [3.05, 3.63) is 11.9 Å². The van der Waals surface area contributed by atoms with E-state index in [2.05, 4.69) is 31.5 Å². The van der Waals surface area contributed by atoms with Crippen molar-refractivity contribution in [2.24, 2.45) is 5.84 Å². The lowest BCUT2D eigenvalue weighted by atomic mass is 10.4. The van der Waals surface area contributed by atoms with Crippen molar-refractivity contribution < 1.29 is 9.28 Å². The summed E-state index contributed by atoms with van der Waals surface area (Å²) >= 11 is 0. The molecule has 7 nitrogen and oxygen atoms in total. The van der Waals surface area contributed by atoms with Crippen LogP contribution in [0.25, 0.3) is 0 Å². The zero-order valence-corrected chi connectivity index (χ0v) is 9.27. The van der Waals surface area contributed by atoms with Crippen LogP contribution in [0.15, 0.2) is 6.20 Å². The molecule has 0 aromatic carbocycles. The molecule has 0 aliphatic heterocycles. The number of nitrogens with one attached hydrogen (secondary N) is 1. The predicted molar refractivity (Wildman–Crippen MR) is 54.1 cm³/mol. The second kappa shape index (κ2) is 4.37. The summed E-state index contributed by atoms with van der Waals surface area (Å²) in [5.74, 6) is 4.67. The highest BCUT2D eigenvalue weighted by Crippen LogP contribution is 2.02. The molecule has 0 spiro atoms. The molecule has 0 unspecified atom stereocenters. The van der Waals surface area contributed by atoms with Crippen LogP contribution in [-0.4, -0.2) is 46.5 Å². The number of hydrogen-bond donors (Lipinski definition) is 2. The zero-order chi connectivity index (χ0) is 11.5. The van der Waals surface area contributed by atoms with E-state index in [1.54, 1.807) is 6.20 Å². The van der Waals surface area contributed by atoms with E-state index in [0.29, 0.717) is 0 Å². The molecule has 1 aromatic rings. The molecule has 0 fully saturated rings. The number of rotatable bonds is 4. The summed E-state index contributed by atoms with van der Waals surface area (Å²) in [6.45, 7) is 0.866. The van der Waals surface area contributed by atoms with Crippen LogP contribution in [0, 0.1) is 0 Å². The van der Waals surface area contributed by atoms with Gasteiger partial charge in [-0.15, -0.1) is 5.10 Å². The highest BCUT2D eigenvalue weighted by Gasteiger charge is 2.12. The van der Waals surface area contributed by atoms with Crippen LogP contribution in [0.4, 0.5) is 0 Å². The summed E-state index contributed by atoms with van der Waals surface area (Å²) in [6.07, 6.45) is 1.75. The number of carbonyl (C=O) groups excluding carboxylic acids is 1. The summed E-state index contributed by atoms with van der Waals surface area (Å²) in [5, 5.41) is 7.79. The van der Waals surface area contributed by atoms with Crippen LogP contribution >= 0.6 is 0 Å². The minimum absolute atomic E-state index is 0.0979. The largest absolute Gasteiger partial charge is 0.326 e. The van der Waals surface area contributed by atoms with Gasteiger partial charge in [-0.1, -0.05) is 5.21 Å². The van der Waals surface area contributed by atoms with Crippen LogP contribution < -0.4 is 11.3 Å². The van der Waals surface area contributed by atoms with Crippen LogP contribution in [-0.2, 0) is 17.9 Å². The fourth-order valence-electron chi connectivity index (χ4n) is 1.17. The fourth-order valence-corrected chi connectivity index (χ4v) is 1.17. The molecular weight excluding hydrogens is 196 g/mol. The van der Waals surface area contributed by atoms with Crippen LogP contribution in [0.5, 0.6) is 0 Å². The van der Waals surface area contributed by atoms with Crippen molar-refractivity contribution in [3.63, 3.8) is 0 Å². The Kier molecular flexibility index (Phi) is 3.38. The average Bonchev–Trinajstić information content (AvgIpc) is 2.49. The third-order valence-corrected chi connectivity index (χ3v) is 1.69. The van der Waals surface area contributed by atoms with E-state index < -0.39 is 0 Å². The van der Waals surface area contributed by atoms with Gasteiger partial charge in [0.1, 0.15) is 18.8 Å². The van der Waals surface area contributed by atoms with E-state index in [0.717, 1.165) is 16.7 Å². The second-order valence-electron chi connectivity index (χ2n) is 4.42. The topological polar surface area (TPSA) is 85.8 Å². The normalized spacial score (nSPS) is 11.5. The third-order valence-electron chi connectivity index (χ3n) is 1.69. The zero-order valence-electron chi connectivity index (χ0n) is 9.27. The molecule has 0 atom stereocenters. The van der Waals surface area contributed by atoms with Gasteiger partial charge in [-0.2, -0.15) is 0 Å². The molecule has 0 saturated carbocycles. The quantitative estimate of drug-likeness (QED) is 0.275. The Balaban J connectivity index is 2.60. The van der Waals surface area contributed by atoms with Gasteiger partial charge in [-0.25, -0.2) is 10.5 Å². The molecule has 15 heavy (non-hydrogen) atoms. The Bertz CT molecular complexity index is 339. The van der Waals surface area contributed by atoms with Gasteiger partial charge in [0.2, 0.25) is 0 Å². The van der Waals surface area contributed by atoms with Gasteiger partial charge in [-0.05, 0) is 0 Å². The molecule has 1 aromatic heterocycles. The molecule has 0 aliphatic carbocycles. The van der Waals surface area contributed by atoms with Crippen molar-refractivity contribution in [1.29, 1.82) is 0 Å². The molecule has 0 bridgehead atoms. The molecule has 84 valence electrons. The standard InChI is InChI=1S/C8H16N6O/c1-14(2,3)6-7-4-13(12-11-7)5-8(15)10-9/h4H,5-6H2,1-3H3,(H2-,9,10,11,12,15)/p+1. The van der Waals surface area contributed by atoms with E-state index in [4.69, 9.17) is 5.84 Å². The molecule has 7 heteroatoms. The highest BCUT2D eigenvalue weighted by molar-refractivity contribution is 5.74. The number of quaternary nitrogens is 1. The van der Waals surface area contributed by atoms with E-state index in [1.807, 2.05) is 5.43 Å². The van der Waals surface area contributed by atoms with Crippen molar-refractivity contribution >= 4 is 5.91 Å². The third kappa shape index (κ3) is 4.05. The fraction of sp³-hybridized carbons (Fsp3) is 0.625. The lowest BCUT2D eigenvalue weighted by molar-refractivity contribution is -0.884. The number of hydrazine groups is 1. The SMILES string of the molecule is C[N+](C)(C)Cc1cn(CC(=O)NN)nn1. The van der Waals surface area contributed by atoms with Crippen LogP contribution in [0.3, 0.4) is 0 Å². The summed E-state index contributed by atoms with van der Waals surface area (Å²) in [6, 6.07) is 0. The number of nitrogens with zero attached hydrogens (tertiary/aromatic N) is 4. The molecule has 0 radical (unpaired) electrons. The smallest absolute Gasteiger partial charge is 0.255 e. The van der Waals surface area contributed by atoms with Crippen molar-refractivity contribution in [2.75, 3.05) is 21.1 Å². The van der Waals surface area contributed by atoms with Crippen LogP contribution in [0.1, 0.15) is 5.69 Å². The van der Waals surface area contributed by atoms with E-state index in [-0.39, 0.29) is 12.5 Å². The molecule has 0 saturated heterocycles. The molecule has 0 aliphatic rings. The number of aromatic nitrogens is 3. The average molecular weight is 213 g/mol. The molecular formula is C8H17N6O+. The van der Waals surface area contributed by atoms with Gasteiger partial charge >= 0.3 is 0 Å². The molecule has 1 amide bonds. The van der Waals surface area contributed by atoms with Gasteiger partial charge in [0.05, 0.1) is 27.3 Å². The van der Waals surface area contributed by atoms with Gasteiger partial charge in [-0.3, -0.25) is 10.2 Å². The molecule has 1 heterocycles. The monoisotopic (exact) mass is 213 g/mol. The first-order chi connectivity index (χ1) is 6.90. The van der Waals surface area contributed by atoms with Gasteiger partial charge in [0, 0.05) is 0 Å². The second-order valence-corrected chi connectivity index (χ2v) is 4.42. The van der Waals surface area contributed by atoms with Crippen LogP contribution in [0.2, 0.25) is 0 Å². The predicted octanol–water partition coefficient (Wildman–Crippen LogP) is -1.53. The van der Waals surface area contributed by atoms with Crippen molar-refractivity contribution in [3.8, 4) is 0 Å². The number of nitrogens with two attached hydrogens (primary N) is 1. The summed E-state index contributed by atoms with van der Waals surface area (Å²) in [5.41, 5.74) is 2.89. The maximum absolute atomic E-state index is 10.9. The van der Waals surface area contributed by atoms with E-state index in [1.165, 1.54) is 4.68 Å². The Hall–Kier alpha value is -1.47. The number of hydrogen-bond acceptors (Lipinski definition) is 4. The number of amides is 1. The Labute approximate surface area is 88.4 Å². The molecule has 3 N–H and O–H groups in total. The first-order valence-corrected chi connectivity index (χ1v) is 4.59. The van der Waals surface area contributed by atoms with E-state index in [9.17, 15) is 4.79 Å². The van der Waals surface area contributed by atoms with E-state index >= 15 is 0 Å². The lowest BCUT2D eigenvalue weighted by Gasteiger charge is -2.21. The van der Waals surface area contributed by atoms with Gasteiger partial charge in [0.15, 0.2) is 0 Å². The maximum Gasteiger partial charge on any atom is 0.255 e. The first kappa shape index (κ1) is 11.6. The van der Waals surface area contributed by atoms with Crippen molar-refractivity contribution in [2.45, 2.75) is 13.1 Å².